The van der Waals surface area contributed by atoms with Crippen molar-refractivity contribution in [3.63, 3.8) is 0 Å². The molecule has 2 aliphatic heterocycles. The van der Waals surface area contributed by atoms with Gasteiger partial charge in [-0.3, -0.25) is 9.80 Å². The third kappa shape index (κ3) is 3.63. The van der Waals surface area contributed by atoms with Gasteiger partial charge < -0.3 is 5.11 Å². The van der Waals surface area contributed by atoms with Gasteiger partial charge >= 0.3 is 5.97 Å². The summed E-state index contributed by atoms with van der Waals surface area (Å²) < 4.78 is 0. The van der Waals surface area contributed by atoms with Crippen molar-refractivity contribution in [3.8, 4) is 0 Å². The molecule has 1 aromatic carbocycles. The molecule has 0 unspecified atom stereocenters. The van der Waals surface area contributed by atoms with Crippen LogP contribution in [0.4, 0.5) is 0 Å². The zero-order valence-electron chi connectivity index (χ0n) is 12.5. The minimum absolute atomic E-state index is 0.388. The molecule has 0 radical (unpaired) electrons. The molecular weight excluding hydrogens is 264 g/mol. The standard InChI is InChI=1S/C17H24N2O2/c20-17(21)15-6-4-5-14(11-15)12-18-10-7-16(13-18)19-8-2-1-3-9-19/h4-6,11,16H,1-3,7-10,12-13H2,(H,20,21)/t16-/m0/s1. The summed E-state index contributed by atoms with van der Waals surface area (Å²) in [6.07, 6.45) is 5.32. The minimum Gasteiger partial charge on any atom is -0.478 e. The summed E-state index contributed by atoms with van der Waals surface area (Å²) in [5, 5.41) is 9.06. The average Bonchev–Trinajstić information content (AvgIpc) is 2.97. The van der Waals surface area contributed by atoms with Crippen LogP contribution in [0, 0.1) is 0 Å². The lowest BCUT2D eigenvalue weighted by Crippen LogP contribution is -2.40. The summed E-state index contributed by atoms with van der Waals surface area (Å²) in [5.74, 6) is -0.843. The van der Waals surface area contributed by atoms with Crippen molar-refractivity contribution in [2.75, 3.05) is 26.2 Å². The van der Waals surface area contributed by atoms with Crippen LogP contribution in [0.5, 0.6) is 0 Å². The molecule has 3 rings (SSSR count). The summed E-state index contributed by atoms with van der Waals surface area (Å²) >= 11 is 0. The molecule has 0 aliphatic carbocycles. The highest BCUT2D eigenvalue weighted by Gasteiger charge is 2.28. The minimum atomic E-state index is -0.843. The van der Waals surface area contributed by atoms with Gasteiger partial charge in [-0.15, -0.1) is 0 Å². The molecule has 0 amide bonds. The number of carboxylic acid groups (broad SMARTS) is 1. The van der Waals surface area contributed by atoms with E-state index in [1.807, 2.05) is 12.1 Å². The Hall–Kier alpha value is -1.39. The quantitative estimate of drug-likeness (QED) is 0.924. The summed E-state index contributed by atoms with van der Waals surface area (Å²) in [4.78, 5) is 16.1. The molecule has 1 atom stereocenters. The van der Waals surface area contributed by atoms with Gasteiger partial charge in [0.05, 0.1) is 5.56 Å². The summed E-state index contributed by atoms with van der Waals surface area (Å²) in [6, 6.07) is 8.04. The number of hydrogen-bond donors (Lipinski definition) is 1. The molecule has 0 bridgehead atoms. The van der Waals surface area contributed by atoms with Crippen LogP contribution in [0.2, 0.25) is 0 Å². The highest BCUT2D eigenvalue weighted by Crippen LogP contribution is 2.21. The van der Waals surface area contributed by atoms with Crippen LogP contribution in [0.15, 0.2) is 24.3 Å². The van der Waals surface area contributed by atoms with Gasteiger partial charge in [0.1, 0.15) is 0 Å². The van der Waals surface area contributed by atoms with E-state index in [9.17, 15) is 4.79 Å². The van der Waals surface area contributed by atoms with E-state index in [1.54, 1.807) is 12.1 Å². The Kier molecular flexibility index (Phi) is 4.56. The van der Waals surface area contributed by atoms with Crippen LogP contribution >= 0.6 is 0 Å². The number of rotatable bonds is 4. The second kappa shape index (κ2) is 6.58. The third-order valence-corrected chi connectivity index (χ3v) is 4.73. The lowest BCUT2D eigenvalue weighted by atomic mass is 10.1. The maximum absolute atomic E-state index is 11.0. The molecule has 0 saturated carbocycles. The van der Waals surface area contributed by atoms with Crippen molar-refractivity contribution in [3.05, 3.63) is 35.4 Å². The van der Waals surface area contributed by atoms with Crippen LogP contribution in [0.1, 0.15) is 41.6 Å². The molecule has 114 valence electrons. The van der Waals surface area contributed by atoms with E-state index in [-0.39, 0.29) is 0 Å². The third-order valence-electron chi connectivity index (χ3n) is 4.73. The molecule has 0 spiro atoms. The van der Waals surface area contributed by atoms with Gasteiger partial charge in [0.25, 0.3) is 0 Å². The van der Waals surface area contributed by atoms with Gasteiger partial charge in [0.2, 0.25) is 0 Å². The van der Waals surface area contributed by atoms with E-state index in [2.05, 4.69) is 9.80 Å². The normalized spacial score (nSPS) is 24.3. The fourth-order valence-electron chi connectivity index (χ4n) is 3.60. The molecule has 4 nitrogen and oxygen atoms in total. The zero-order valence-corrected chi connectivity index (χ0v) is 12.5. The number of nitrogens with zero attached hydrogens (tertiary/aromatic N) is 2. The van der Waals surface area contributed by atoms with Crippen molar-refractivity contribution in [1.29, 1.82) is 0 Å². The van der Waals surface area contributed by atoms with Crippen LogP contribution in [-0.4, -0.2) is 53.1 Å². The van der Waals surface area contributed by atoms with Crippen molar-refractivity contribution >= 4 is 5.97 Å². The first-order valence-corrected chi connectivity index (χ1v) is 8.01. The lowest BCUT2D eigenvalue weighted by molar-refractivity contribution is 0.0696. The Bertz CT molecular complexity index is 497. The first kappa shape index (κ1) is 14.5. The Balaban J connectivity index is 1.56. The molecule has 2 fully saturated rings. The Labute approximate surface area is 126 Å². The van der Waals surface area contributed by atoms with E-state index in [4.69, 9.17) is 5.11 Å². The van der Waals surface area contributed by atoms with Crippen LogP contribution in [0.3, 0.4) is 0 Å². The lowest BCUT2D eigenvalue weighted by Gasteiger charge is -2.32. The average molecular weight is 288 g/mol. The van der Waals surface area contributed by atoms with Gasteiger partial charge in [-0.25, -0.2) is 4.79 Å². The number of benzene rings is 1. The van der Waals surface area contributed by atoms with E-state index in [0.717, 1.165) is 25.2 Å². The SMILES string of the molecule is O=C(O)c1cccc(CN2CC[C@H](N3CCCCC3)C2)c1. The first-order valence-electron chi connectivity index (χ1n) is 8.01. The Morgan fingerprint density at radius 3 is 2.76 bits per heavy atom. The van der Waals surface area contributed by atoms with Crippen molar-refractivity contribution in [1.82, 2.24) is 9.80 Å². The first-order chi connectivity index (χ1) is 10.2. The Morgan fingerprint density at radius 2 is 2.00 bits per heavy atom. The fraction of sp³-hybridized carbons (Fsp3) is 0.588. The van der Waals surface area contributed by atoms with Crippen molar-refractivity contribution in [2.24, 2.45) is 0 Å². The van der Waals surface area contributed by atoms with Gasteiger partial charge in [-0.1, -0.05) is 18.6 Å². The molecule has 2 saturated heterocycles. The van der Waals surface area contributed by atoms with Crippen LogP contribution in [-0.2, 0) is 6.54 Å². The zero-order chi connectivity index (χ0) is 14.7. The van der Waals surface area contributed by atoms with Crippen molar-refractivity contribution < 1.29 is 9.90 Å². The molecule has 21 heavy (non-hydrogen) atoms. The predicted molar refractivity (Wildman–Crippen MR) is 82.5 cm³/mol. The van der Waals surface area contributed by atoms with E-state index in [0.29, 0.717) is 11.6 Å². The number of carbonyl (C=O) groups is 1. The summed E-state index contributed by atoms with van der Waals surface area (Å²) in [6.45, 7) is 5.63. The number of piperidine rings is 1. The van der Waals surface area contributed by atoms with Gasteiger partial charge in [0, 0.05) is 25.7 Å². The van der Waals surface area contributed by atoms with E-state index in [1.165, 1.54) is 38.8 Å². The van der Waals surface area contributed by atoms with Gasteiger partial charge in [-0.2, -0.15) is 0 Å². The predicted octanol–water partition coefficient (Wildman–Crippen LogP) is 2.45. The molecule has 4 heteroatoms. The summed E-state index contributed by atoms with van der Waals surface area (Å²) in [7, 11) is 0. The molecular formula is C17H24N2O2. The highest BCUT2D eigenvalue weighted by atomic mass is 16.4. The second-order valence-electron chi connectivity index (χ2n) is 6.28. The number of hydrogen-bond acceptors (Lipinski definition) is 3. The maximum atomic E-state index is 11.0. The van der Waals surface area contributed by atoms with E-state index >= 15 is 0 Å². The number of likely N-dealkylation sites (tertiary alicyclic amines) is 2. The monoisotopic (exact) mass is 288 g/mol. The molecule has 1 aromatic rings. The highest BCUT2D eigenvalue weighted by molar-refractivity contribution is 5.87. The van der Waals surface area contributed by atoms with Crippen LogP contribution in [0.25, 0.3) is 0 Å². The number of aromatic carboxylic acids is 1. The fourth-order valence-corrected chi connectivity index (χ4v) is 3.60. The van der Waals surface area contributed by atoms with Gasteiger partial charge in [0.15, 0.2) is 0 Å². The molecule has 0 aromatic heterocycles. The Morgan fingerprint density at radius 1 is 1.19 bits per heavy atom. The molecule has 2 heterocycles. The van der Waals surface area contributed by atoms with Crippen molar-refractivity contribution in [2.45, 2.75) is 38.3 Å². The van der Waals surface area contributed by atoms with Crippen LogP contribution < -0.4 is 0 Å². The van der Waals surface area contributed by atoms with Gasteiger partial charge in [-0.05, 0) is 50.0 Å². The van der Waals surface area contributed by atoms with E-state index < -0.39 is 5.97 Å². The second-order valence-corrected chi connectivity index (χ2v) is 6.28. The summed E-state index contributed by atoms with van der Waals surface area (Å²) in [5.41, 5.74) is 1.49. The molecule has 2 aliphatic rings. The smallest absolute Gasteiger partial charge is 0.335 e. The topological polar surface area (TPSA) is 43.8 Å². The molecule has 1 N–H and O–H groups in total. The maximum Gasteiger partial charge on any atom is 0.335 e. The largest absolute Gasteiger partial charge is 0.478 e. The number of carboxylic acids is 1.